The maximum absolute atomic E-state index is 13.6. The second kappa shape index (κ2) is 7.84. The summed E-state index contributed by atoms with van der Waals surface area (Å²) in [5, 5.41) is 3.24. The molecular weight excluding hydrogens is 388 g/mol. The molecule has 2 aliphatic rings. The van der Waals surface area contributed by atoms with E-state index in [1.54, 1.807) is 4.90 Å². The minimum atomic E-state index is -0.967. The van der Waals surface area contributed by atoms with Crippen molar-refractivity contribution in [3.05, 3.63) is 66.0 Å². The fourth-order valence-electron chi connectivity index (χ4n) is 4.98. The number of nitrogens with zero attached hydrogens (tertiary/aromatic N) is 3. The predicted octanol–water partition coefficient (Wildman–Crippen LogP) is 3.55. The number of imidazole rings is 1. The molecule has 1 aliphatic carbocycles. The lowest BCUT2D eigenvalue weighted by molar-refractivity contribution is -0.133. The molecule has 6 nitrogen and oxygen atoms in total. The Kier molecular flexibility index (Phi) is 5.00. The number of hydrogen-bond donors (Lipinski definition) is 1. The number of hydrogen-bond acceptors (Lipinski definition) is 3. The molecule has 6 heteroatoms. The van der Waals surface area contributed by atoms with E-state index in [0.717, 1.165) is 42.3 Å². The fraction of sp³-hybridized carbons (Fsp3) is 0.400. The summed E-state index contributed by atoms with van der Waals surface area (Å²) >= 11 is 0. The molecule has 1 N–H and O–H groups in total. The fourth-order valence-corrected chi connectivity index (χ4v) is 4.98. The molecule has 1 aromatic heterocycles. The molecule has 2 amide bonds. The highest BCUT2D eigenvalue weighted by atomic mass is 16.2. The second-order valence-electron chi connectivity index (χ2n) is 8.93. The standard InChI is InChI=1S/C25H28N4O2/c1-25(24(31)26-19-11-5-6-12-19)17-28-21-14-8-7-13-20(21)27-22(28)23(30)29(25)16-15-18-9-3-2-4-10-18/h2-4,7-10,13-14,19H,5-6,11-12,15-17H2,1H3,(H,26,31)/t25-/m0/s1. The number of fused-ring (bicyclic) bond motifs is 3. The van der Waals surface area contributed by atoms with Crippen LogP contribution in [-0.4, -0.2) is 44.4 Å². The second-order valence-corrected chi connectivity index (χ2v) is 8.93. The molecule has 3 aromatic rings. The zero-order valence-electron chi connectivity index (χ0n) is 17.9. The van der Waals surface area contributed by atoms with Gasteiger partial charge in [-0.25, -0.2) is 4.98 Å². The Labute approximate surface area is 182 Å². The lowest BCUT2D eigenvalue weighted by Crippen LogP contribution is -2.65. The molecular formula is C25H28N4O2. The van der Waals surface area contributed by atoms with Crippen LogP contribution in [0.5, 0.6) is 0 Å². The van der Waals surface area contributed by atoms with E-state index in [1.165, 1.54) is 0 Å². The van der Waals surface area contributed by atoms with E-state index in [2.05, 4.69) is 22.4 Å². The van der Waals surface area contributed by atoms with Gasteiger partial charge in [0.05, 0.1) is 17.6 Å². The van der Waals surface area contributed by atoms with E-state index in [9.17, 15) is 9.59 Å². The van der Waals surface area contributed by atoms with Crippen molar-refractivity contribution in [2.75, 3.05) is 6.54 Å². The van der Waals surface area contributed by atoms with Gasteiger partial charge in [0.1, 0.15) is 5.54 Å². The van der Waals surface area contributed by atoms with Crippen LogP contribution >= 0.6 is 0 Å². The molecule has 2 heterocycles. The summed E-state index contributed by atoms with van der Waals surface area (Å²) in [5.41, 5.74) is 1.86. The molecule has 31 heavy (non-hydrogen) atoms. The van der Waals surface area contributed by atoms with Crippen LogP contribution in [0.2, 0.25) is 0 Å². The first-order chi connectivity index (χ1) is 15.1. The monoisotopic (exact) mass is 416 g/mol. The van der Waals surface area contributed by atoms with Gasteiger partial charge >= 0.3 is 0 Å². The van der Waals surface area contributed by atoms with Crippen molar-refractivity contribution in [1.82, 2.24) is 19.8 Å². The van der Waals surface area contributed by atoms with Gasteiger partial charge in [-0.05, 0) is 43.9 Å². The SMILES string of the molecule is C[C@@]1(C(=O)NC2CCCC2)Cn2c(nc3ccccc32)C(=O)N1CCc1ccccc1. The van der Waals surface area contributed by atoms with Crippen molar-refractivity contribution in [1.29, 1.82) is 0 Å². The molecule has 0 radical (unpaired) electrons. The van der Waals surface area contributed by atoms with Gasteiger partial charge in [-0.15, -0.1) is 0 Å². The predicted molar refractivity (Wildman–Crippen MR) is 120 cm³/mol. The van der Waals surface area contributed by atoms with Crippen LogP contribution in [-0.2, 0) is 17.8 Å². The zero-order chi connectivity index (χ0) is 21.4. The first kappa shape index (κ1) is 19.8. The first-order valence-electron chi connectivity index (χ1n) is 11.2. The highest BCUT2D eigenvalue weighted by Gasteiger charge is 2.48. The number of nitrogens with one attached hydrogen (secondary N) is 1. The van der Waals surface area contributed by atoms with E-state index in [-0.39, 0.29) is 17.9 Å². The highest BCUT2D eigenvalue weighted by molar-refractivity contribution is 6.01. The lowest BCUT2D eigenvalue weighted by atomic mass is 9.93. The van der Waals surface area contributed by atoms with Gasteiger partial charge in [-0.2, -0.15) is 0 Å². The minimum absolute atomic E-state index is 0.0655. The van der Waals surface area contributed by atoms with Crippen LogP contribution in [0.1, 0.15) is 48.8 Å². The topological polar surface area (TPSA) is 67.2 Å². The zero-order valence-corrected chi connectivity index (χ0v) is 17.9. The van der Waals surface area contributed by atoms with Crippen LogP contribution in [0.15, 0.2) is 54.6 Å². The van der Waals surface area contributed by atoms with Gasteiger partial charge in [-0.1, -0.05) is 55.3 Å². The average Bonchev–Trinajstić information content (AvgIpc) is 3.42. The molecule has 0 bridgehead atoms. The van der Waals surface area contributed by atoms with E-state index in [0.29, 0.717) is 25.3 Å². The summed E-state index contributed by atoms with van der Waals surface area (Å²) in [6, 6.07) is 18.0. The number of rotatable bonds is 5. The number of para-hydroxylation sites is 2. The Hall–Kier alpha value is -3.15. The molecule has 1 fully saturated rings. The third-order valence-electron chi connectivity index (χ3n) is 6.80. The summed E-state index contributed by atoms with van der Waals surface area (Å²) < 4.78 is 1.92. The largest absolute Gasteiger partial charge is 0.351 e. The van der Waals surface area contributed by atoms with Gasteiger partial charge in [0.15, 0.2) is 5.82 Å². The quantitative estimate of drug-likeness (QED) is 0.692. The Morgan fingerprint density at radius 1 is 1.10 bits per heavy atom. The third kappa shape index (κ3) is 3.50. The van der Waals surface area contributed by atoms with Crippen LogP contribution in [0, 0.1) is 0 Å². The Morgan fingerprint density at radius 2 is 1.81 bits per heavy atom. The smallest absolute Gasteiger partial charge is 0.290 e. The van der Waals surface area contributed by atoms with E-state index in [4.69, 9.17) is 0 Å². The molecule has 1 atom stereocenters. The summed E-state index contributed by atoms with van der Waals surface area (Å²) in [7, 11) is 0. The molecule has 0 spiro atoms. The number of carbonyl (C=O) groups is 2. The summed E-state index contributed by atoms with van der Waals surface area (Å²) in [4.78, 5) is 33.5. The Morgan fingerprint density at radius 3 is 2.58 bits per heavy atom. The van der Waals surface area contributed by atoms with E-state index in [1.807, 2.05) is 54.0 Å². The van der Waals surface area contributed by atoms with Crippen molar-refractivity contribution in [2.45, 2.75) is 57.2 Å². The van der Waals surface area contributed by atoms with Crippen LogP contribution in [0.3, 0.4) is 0 Å². The van der Waals surface area contributed by atoms with Crippen LogP contribution < -0.4 is 5.32 Å². The molecule has 0 saturated heterocycles. The van der Waals surface area contributed by atoms with Crippen LogP contribution in [0.25, 0.3) is 11.0 Å². The van der Waals surface area contributed by atoms with Crippen molar-refractivity contribution in [2.24, 2.45) is 0 Å². The molecule has 0 unspecified atom stereocenters. The van der Waals surface area contributed by atoms with Crippen molar-refractivity contribution in [3.63, 3.8) is 0 Å². The number of amides is 2. The van der Waals surface area contributed by atoms with Gasteiger partial charge in [0.25, 0.3) is 5.91 Å². The van der Waals surface area contributed by atoms with Gasteiger partial charge in [0, 0.05) is 12.6 Å². The summed E-state index contributed by atoms with van der Waals surface area (Å²) in [6.07, 6.45) is 5.01. The average molecular weight is 417 g/mol. The Bertz CT molecular complexity index is 1120. The summed E-state index contributed by atoms with van der Waals surface area (Å²) in [5.74, 6) is 0.173. The van der Waals surface area contributed by atoms with Crippen LogP contribution in [0.4, 0.5) is 0 Å². The lowest BCUT2D eigenvalue weighted by Gasteiger charge is -2.44. The maximum Gasteiger partial charge on any atom is 0.290 e. The molecule has 1 aliphatic heterocycles. The third-order valence-corrected chi connectivity index (χ3v) is 6.80. The van der Waals surface area contributed by atoms with Crippen molar-refractivity contribution in [3.8, 4) is 0 Å². The van der Waals surface area contributed by atoms with Crippen molar-refractivity contribution < 1.29 is 9.59 Å². The normalized spacial score (nSPS) is 21.5. The number of benzene rings is 2. The van der Waals surface area contributed by atoms with Gasteiger partial charge < -0.3 is 14.8 Å². The molecule has 2 aromatic carbocycles. The number of aromatic nitrogens is 2. The number of carbonyl (C=O) groups excluding carboxylic acids is 2. The van der Waals surface area contributed by atoms with Gasteiger partial charge in [0.2, 0.25) is 5.91 Å². The van der Waals surface area contributed by atoms with E-state index >= 15 is 0 Å². The maximum atomic E-state index is 13.6. The summed E-state index contributed by atoms with van der Waals surface area (Å²) in [6.45, 7) is 2.78. The molecule has 1 saturated carbocycles. The first-order valence-corrected chi connectivity index (χ1v) is 11.2. The van der Waals surface area contributed by atoms with Crippen molar-refractivity contribution >= 4 is 22.8 Å². The molecule has 5 rings (SSSR count). The highest BCUT2D eigenvalue weighted by Crippen LogP contribution is 2.31. The van der Waals surface area contributed by atoms with Gasteiger partial charge in [-0.3, -0.25) is 9.59 Å². The van der Waals surface area contributed by atoms with E-state index < -0.39 is 5.54 Å². The molecule has 160 valence electrons. The Balaban J connectivity index is 1.51. The minimum Gasteiger partial charge on any atom is -0.351 e.